The number of halogens is 2. The summed E-state index contributed by atoms with van der Waals surface area (Å²) in [5.41, 5.74) is 1.51. The van der Waals surface area contributed by atoms with Crippen LogP contribution in [0.2, 0.25) is 10.0 Å². The van der Waals surface area contributed by atoms with Crippen molar-refractivity contribution in [1.82, 2.24) is 19.5 Å². The highest BCUT2D eigenvalue weighted by Gasteiger charge is 2.17. The van der Waals surface area contributed by atoms with Crippen LogP contribution in [-0.4, -0.2) is 27.9 Å². The number of benzene rings is 3. The molecule has 0 aliphatic rings. The number of aromatic nitrogens is 4. The van der Waals surface area contributed by atoms with Crippen LogP contribution < -0.4 is 10.3 Å². The summed E-state index contributed by atoms with van der Waals surface area (Å²) in [6.45, 7) is 0. The maximum absolute atomic E-state index is 13.1. The van der Waals surface area contributed by atoms with Gasteiger partial charge in [-0.2, -0.15) is 0 Å². The topological polar surface area (TPSA) is 110 Å². The maximum atomic E-state index is 13.1. The predicted octanol–water partition coefficient (Wildman–Crippen LogP) is 5.10. The van der Waals surface area contributed by atoms with E-state index in [-0.39, 0.29) is 25.9 Å². The number of para-hydroxylation sites is 2. The first-order chi connectivity index (χ1) is 16.2. The van der Waals surface area contributed by atoms with Crippen LogP contribution in [-0.2, 0) is 10.0 Å². The fraction of sp³-hybridized carbons (Fsp3) is 0. The molecule has 34 heavy (non-hydrogen) atoms. The van der Waals surface area contributed by atoms with Gasteiger partial charge in [-0.1, -0.05) is 35.3 Å². The fourth-order valence-corrected chi connectivity index (χ4v) is 5.27. The van der Waals surface area contributed by atoms with Crippen LogP contribution in [0.1, 0.15) is 0 Å². The van der Waals surface area contributed by atoms with Crippen molar-refractivity contribution >= 4 is 73.2 Å². The normalized spacial score (nSPS) is 11.7. The Kier molecular flexibility index (Phi) is 5.61. The molecule has 8 nitrogen and oxygen atoms in total. The van der Waals surface area contributed by atoms with Crippen LogP contribution in [0.25, 0.3) is 27.6 Å². The van der Waals surface area contributed by atoms with Gasteiger partial charge >= 0.3 is 0 Å². The molecule has 2 aromatic heterocycles. The third kappa shape index (κ3) is 4.05. The first-order valence-electron chi connectivity index (χ1n) is 9.72. The van der Waals surface area contributed by atoms with E-state index in [2.05, 4.69) is 19.7 Å². The summed E-state index contributed by atoms with van der Waals surface area (Å²) in [6, 6.07) is 15.8. The monoisotopic (exact) mass is 529 g/mol. The molecule has 0 saturated carbocycles. The van der Waals surface area contributed by atoms with E-state index < -0.39 is 15.6 Å². The van der Waals surface area contributed by atoms with Crippen molar-refractivity contribution in [1.29, 1.82) is 0 Å². The van der Waals surface area contributed by atoms with Gasteiger partial charge in [0.25, 0.3) is 15.6 Å². The lowest BCUT2D eigenvalue weighted by Crippen LogP contribution is -2.21. The van der Waals surface area contributed by atoms with Gasteiger partial charge in [-0.15, -0.1) is 0 Å². The van der Waals surface area contributed by atoms with Gasteiger partial charge < -0.3 is 4.98 Å². The lowest BCUT2D eigenvalue weighted by molar-refractivity contribution is 0.601. The molecule has 3 aromatic carbocycles. The van der Waals surface area contributed by atoms with E-state index in [4.69, 9.17) is 35.4 Å². The Balaban J connectivity index is 1.51. The predicted molar refractivity (Wildman–Crippen MR) is 135 cm³/mol. The molecular formula is C22H13Cl2N5O3S2. The van der Waals surface area contributed by atoms with Crippen LogP contribution >= 0.6 is 35.4 Å². The van der Waals surface area contributed by atoms with E-state index >= 15 is 0 Å². The molecule has 0 spiro atoms. The number of aromatic amines is 1. The van der Waals surface area contributed by atoms with Crippen molar-refractivity contribution in [3.63, 3.8) is 0 Å². The van der Waals surface area contributed by atoms with Crippen LogP contribution in [0.3, 0.4) is 0 Å². The highest BCUT2D eigenvalue weighted by molar-refractivity contribution is 7.92. The van der Waals surface area contributed by atoms with Crippen LogP contribution in [0.15, 0.2) is 76.6 Å². The molecule has 0 saturated heterocycles. The first-order valence-corrected chi connectivity index (χ1v) is 12.4. The number of fused-ring (bicyclic) bond motifs is 2. The standard InChI is InChI=1S/C22H13Cl2N5O3S2/c23-12-9-15-20(16(24)10-12)27-22(33)29(21(15)30)13-5-7-14(8-6-13)34(31,32)28-19-11-25-17-3-1-2-4-18(17)26-19/h1-11H,(H,26,28)(H,27,33). The van der Waals surface area contributed by atoms with Gasteiger partial charge in [0.2, 0.25) is 0 Å². The number of H-pyrrole nitrogens is 1. The highest BCUT2D eigenvalue weighted by atomic mass is 35.5. The summed E-state index contributed by atoms with van der Waals surface area (Å²) in [5, 5.41) is 0.817. The van der Waals surface area contributed by atoms with Gasteiger partial charge in [-0.25, -0.2) is 13.4 Å². The second-order valence-electron chi connectivity index (χ2n) is 7.22. The summed E-state index contributed by atoms with van der Waals surface area (Å²) in [6.07, 6.45) is 1.35. The van der Waals surface area contributed by atoms with E-state index in [0.717, 1.165) is 0 Å². The summed E-state index contributed by atoms with van der Waals surface area (Å²) < 4.78 is 29.5. The minimum absolute atomic E-state index is 0.0268. The smallest absolute Gasteiger partial charge is 0.266 e. The fourth-order valence-electron chi connectivity index (χ4n) is 3.46. The van der Waals surface area contributed by atoms with Gasteiger partial charge in [-0.3, -0.25) is 19.1 Å². The Morgan fingerprint density at radius 2 is 1.71 bits per heavy atom. The molecule has 5 aromatic rings. The molecule has 2 heterocycles. The van der Waals surface area contributed by atoms with Crippen molar-refractivity contribution in [2.45, 2.75) is 4.90 Å². The Morgan fingerprint density at radius 3 is 2.44 bits per heavy atom. The highest BCUT2D eigenvalue weighted by Crippen LogP contribution is 2.25. The quantitative estimate of drug-likeness (QED) is 0.313. The lowest BCUT2D eigenvalue weighted by atomic mass is 10.2. The van der Waals surface area contributed by atoms with E-state index in [1.54, 1.807) is 18.2 Å². The van der Waals surface area contributed by atoms with Gasteiger partial charge in [0.15, 0.2) is 10.6 Å². The number of nitrogens with zero attached hydrogens (tertiary/aromatic N) is 3. The molecule has 0 aliphatic carbocycles. The van der Waals surface area contributed by atoms with Crippen molar-refractivity contribution < 1.29 is 8.42 Å². The van der Waals surface area contributed by atoms with Gasteiger partial charge in [0.1, 0.15) is 0 Å². The van der Waals surface area contributed by atoms with Crippen LogP contribution in [0, 0.1) is 4.77 Å². The molecule has 170 valence electrons. The number of nitrogens with one attached hydrogen (secondary N) is 2. The van der Waals surface area contributed by atoms with Gasteiger partial charge in [0.05, 0.1) is 43.7 Å². The molecule has 0 radical (unpaired) electrons. The van der Waals surface area contributed by atoms with Crippen LogP contribution in [0.4, 0.5) is 5.82 Å². The van der Waals surface area contributed by atoms with Crippen molar-refractivity contribution in [2.24, 2.45) is 0 Å². The van der Waals surface area contributed by atoms with Crippen molar-refractivity contribution in [3.8, 4) is 5.69 Å². The second kappa shape index (κ2) is 8.48. The molecule has 0 atom stereocenters. The van der Waals surface area contributed by atoms with Gasteiger partial charge in [0, 0.05) is 5.02 Å². The summed E-state index contributed by atoms with van der Waals surface area (Å²) >= 11 is 17.6. The lowest BCUT2D eigenvalue weighted by Gasteiger charge is -2.11. The largest absolute Gasteiger partial charge is 0.330 e. The number of hydrogen-bond acceptors (Lipinski definition) is 6. The average Bonchev–Trinajstić information content (AvgIpc) is 2.80. The summed E-state index contributed by atoms with van der Waals surface area (Å²) in [5.74, 6) is 0.0877. The molecule has 5 rings (SSSR count). The zero-order valence-corrected chi connectivity index (χ0v) is 20.1. The Hall–Kier alpha value is -3.31. The Labute approximate surface area is 207 Å². The molecule has 0 amide bonds. The van der Waals surface area contributed by atoms with E-state index in [1.165, 1.54) is 47.2 Å². The molecular weight excluding hydrogens is 517 g/mol. The number of rotatable bonds is 4. The third-order valence-corrected chi connectivity index (χ3v) is 7.19. The molecule has 0 unspecified atom stereocenters. The summed E-state index contributed by atoms with van der Waals surface area (Å²) in [4.78, 5) is 24.5. The zero-order valence-electron chi connectivity index (χ0n) is 17.0. The number of hydrogen-bond donors (Lipinski definition) is 2. The molecule has 0 fully saturated rings. The SMILES string of the molecule is O=c1c2cc(Cl)cc(Cl)c2[nH]c(=S)n1-c1ccc(S(=O)(=O)Nc2cnc3ccccc3n2)cc1. The number of anilines is 1. The van der Waals surface area contributed by atoms with E-state index in [9.17, 15) is 13.2 Å². The van der Waals surface area contributed by atoms with E-state index in [1.807, 2.05) is 6.07 Å². The molecule has 0 aliphatic heterocycles. The Bertz CT molecular complexity index is 1820. The minimum atomic E-state index is -3.96. The summed E-state index contributed by atoms with van der Waals surface area (Å²) in [7, 11) is -3.96. The van der Waals surface area contributed by atoms with Crippen molar-refractivity contribution in [3.05, 3.63) is 92.0 Å². The Morgan fingerprint density at radius 1 is 1.00 bits per heavy atom. The van der Waals surface area contributed by atoms with E-state index in [0.29, 0.717) is 27.3 Å². The van der Waals surface area contributed by atoms with Crippen LogP contribution in [0.5, 0.6) is 0 Å². The average molecular weight is 530 g/mol. The second-order valence-corrected chi connectivity index (χ2v) is 10.1. The minimum Gasteiger partial charge on any atom is -0.330 e. The molecule has 12 heteroatoms. The van der Waals surface area contributed by atoms with Gasteiger partial charge in [-0.05, 0) is 60.7 Å². The first kappa shape index (κ1) is 22.5. The molecule has 2 N–H and O–H groups in total. The molecule has 0 bridgehead atoms. The van der Waals surface area contributed by atoms with Crippen molar-refractivity contribution in [2.75, 3.05) is 4.72 Å². The number of sulfonamides is 1. The third-order valence-electron chi connectivity index (χ3n) is 5.02. The zero-order chi connectivity index (χ0) is 24.0. The maximum Gasteiger partial charge on any atom is 0.266 e.